The molecule has 0 radical (unpaired) electrons. The molecule has 5 rings (SSSR count). The highest BCUT2D eigenvalue weighted by molar-refractivity contribution is 7.20. The maximum atomic E-state index is 11.6. The van der Waals surface area contributed by atoms with Gasteiger partial charge >= 0.3 is 0 Å². The Morgan fingerprint density at radius 1 is 1.13 bits per heavy atom. The van der Waals surface area contributed by atoms with Gasteiger partial charge in [0.2, 0.25) is 5.91 Å². The van der Waals surface area contributed by atoms with Crippen LogP contribution in [-0.2, 0) is 11.3 Å². The molecular weight excluding hydrogens is 396 g/mol. The molecule has 3 N–H and O–H groups in total. The highest BCUT2D eigenvalue weighted by Gasteiger charge is 2.40. The molecule has 7 heteroatoms. The van der Waals surface area contributed by atoms with Crippen molar-refractivity contribution in [3.63, 3.8) is 0 Å². The van der Waals surface area contributed by atoms with Crippen LogP contribution in [0.4, 0.5) is 0 Å². The molecule has 2 unspecified atom stereocenters. The van der Waals surface area contributed by atoms with Gasteiger partial charge in [0.1, 0.15) is 5.75 Å². The number of piperidine rings is 1. The molecule has 3 heterocycles. The van der Waals surface area contributed by atoms with Crippen LogP contribution in [0.1, 0.15) is 31.2 Å². The van der Waals surface area contributed by atoms with Crippen molar-refractivity contribution in [2.24, 2.45) is 5.73 Å². The zero-order valence-electron chi connectivity index (χ0n) is 16.8. The first kappa shape index (κ1) is 19.5. The summed E-state index contributed by atoms with van der Waals surface area (Å²) >= 11 is 1.56. The van der Waals surface area contributed by atoms with Crippen molar-refractivity contribution < 1.29 is 9.53 Å². The molecule has 1 aromatic heterocycles. The van der Waals surface area contributed by atoms with Crippen molar-refractivity contribution in [3.05, 3.63) is 54.1 Å². The lowest BCUT2D eigenvalue weighted by molar-refractivity contribution is -0.120. The molecule has 0 spiro atoms. The first-order chi connectivity index (χ1) is 14.7. The summed E-state index contributed by atoms with van der Waals surface area (Å²) in [4.78, 5) is 18.8. The van der Waals surface area contributed by atoms with Gasteiger partial charge in [0, 0.05) is 24.7 Å². The third kappa shape index (κ3) is 4.05. The third-order valence-electron chi connectivity index (χ3n) is 6.20. The van der Waals surface area contributed by atoms with Crippen molar-refractivity contribution in [1.82, 2.24) is 15.2 Å². The smallest absolute Gasteiger partial charge is 0.279 e. The molecule has 2 fully saturated rings. The van der Waals surface area contributed by atoms with E-state index in [2.05, 4.69) is 33.4 Å². The molecular formula is C23H26N4O2S. The van der Waals surface area contributed by atoms with E-state index in [0.29, 0.717) is 17.3 Å². The van der Waals surface area contributed by atoms with Crippen LogP contribution in [0.15, 0.2) is 48.5 Å². The number of amides is 1. The van der Waals surface area contributed by atoms with E-state index < -0.39 is 0 Å². The number of nitrogens with one attached hydrogen (secondary N) is 1. The van der Waals surface area contributed by atoms with Gasteiger partial charge in [0.25, 0.3) is 5.19 Å². The minimum absolute atomic E-state index is 0.0448. The Morgan fingerprint density at radius 2 is 1.87 bits per heavy atom. The van der Waals surface area contributed by atoms with E-state index in [0.717, 1.165) is 35.4 Å². The maximum Gasteiger partial charge on any atom is 0.279 e. The molecule has 2 bridgehead atoms. The number of hydrogen-bond donors (Lipinski definition) is 2. The summed E-state index contributed by atoms with van der Waals surface area (Å²) in [6, 6.07) is 17.7. The average Bonchev–Trinajstić information content (AvgIpc) is 3.26. The summed E-state index contributed by atoms with van der Waals surface area (Å²) in [5.74, 6) is 0.764. The van der Waals surface area contributed by atoms with Crippen LogP contribution < -0.4 is 15.8 Å². The van der Waals surface area contributed by atoms with Gasteiger partial charge < -0.3 is 15.8 Å². The predicted molar refractivity (Wildman–Crippen MR) is 119 cm³/mol. The number of carbonyl (C=O) groups excluding carboxylic acids is 1. The number of para-hydroxylation sites is 1. The molecule has 156 valence electrons. The lowest BCUT2D eigenvalue weighted by atomic mass is 9.96. The number of hydrogen-bond acceptors (Lipinski definition) is 6. The number of benzene rings is 2. The van der Waals surface area contributed by atoms with Crippen LogP contribution in [0.3, 0.4) is 0 Å². The lowest BCUT2D eigenvalue weighted by Gasteiger charge is -2.39. The van der Waals surface area contributed by atoms with Gasteiger partial charge in [-0.15, -0.1) is 0 Å². The van der Waals surface area contributed by atoms with Crippen molar-refractivity contribution >= 4 is 27.5 Å². The molecule has 1 amide bonds. The summed E-state index contributed by atoms with van der Waals surface area (Å²) in [5.41, 5.74) is 7.70. The zero-order chi connectivity index (χ0) is 20.5. The fraction of sp³-hybridized carbons (Fsp3) is 0.391. The van der Waals surface area contributed by atoms with Gasteiger partial charge in [-0.05, 0) is 55.5 Å². The fourth-order valence-corrected chi connectivity index (χ4v) is 5.64. The Bertz CT molecular complexity index is 988. The predicted octanol–water partition coefficient (Wildman–Crippen LogP) is 3.66. The monoisotopic (exact) mass is 422 g/mol. The SMILES string of the molecule is NCC(=O)NC1CC2CC[C@@H](C1)N2Cc1ccc(Oc2nc3ccccc3s2)cc1. The van der Waals surface area contributed by atoms with E-state index in [1.165, 1.54) is 18.4 Å². The molecule has 0 aliphatic carbocycles. The summed E-state index contributed by atoms with van der Waals surface area (Å²) in [7, 11) is 0. The van der Waals surface area contributed by atoms with E-state index in [9.17, 15) is 4.79 Å². The summed E-state index contributed by atoms with van der Waals surface area (Å²) in [5, 5.41) is 3.75. The molecule has 6 nitrogen and oxygen atoms in total. The zero-order valence-corrected chi connectivity index (χ0v) is 17.6. The van der Waals surface area contributed by atoms with Gasteiger partial charge in [-0.25, -0.2) is 4.98 Å². The Hall–Kier alpha value is -2.48. The standard InChI is InChI=1S/C23H26N4O2S/c24-13-22(28)25-16-11-17-7-8-18(12-16)27(17)14-15-5-9-19(10-6-15)29-23-26-20-3-1-2-4-21(20)30-23/h1-6,9-10,16-18H,7-8,11-14,24H2,(H,25,28)/t16?,17-,18?/m0/s1. The summed E-state index contributed by atoms with van der Waals surface area (Å²) in [6.07, 6.45) is 4.44. The first-order valence-corrected chi connectivity index (χ1v) is 11.4. The molecule has 2 aromatic carbocycles. The van der Waals surface area contributed by atoms with Gasteiger partial charge in [0.05, 0.1) is 16.8 Å². The second-order valence-electron chi connectivity index (χ2n) is 8.19. The van der Waals surface area contributed by atoms with E-state index in [1.807, 2.05) is 30.3 Å². The maximum absolute atomic E-state index is 11.6. The van der Waals surface area contributed by atoms with Gasteiger partial charge in [-0.3, -0.25) is 9.69 Å². The second kappa shape index (κ2) is 8.34. The minimum atomic E-state index is -0.0448. The van der Waals surface area contributed by atoms with Gasteiger partial charge in [0.15, 0.2) is 0 Å². The molecule has 3 atom stereocenters. The van der Waals surface area contributed by atoms with Gasteiger partial charge in [-0.2, -0.15) is 0 Å². The van der Waals surface area contributed by atoms with E-state index in [-0.39, 0.29) is 18.5 Å². The van der Waals surface area contributed by atoms with E-state index >= 15 is 0 Å². The van der Waals surface area contributed by atoms with Crippen molar-refractivity contribution in [3.8, 4) is 10.9 Å². The average molecular weight is 423 g/mol. The molecule has 30 heavy (non-hydrogen) atoms. The third-order valence-corrected chi connectivity index (χ3v) is 7.12. The second-order valence-corrected chi connectivity index (χ2v) is 9.18. The number of fused-ring (bicyclic) bond motifs is 3. The van der Waals surface area contributed by atoms with Crippen molar-refractivity contribution in [2.45, 2.75) is 50.4 Å². The molecule has 2 saturated heterocycles. The van der Waals surface area contributed by atoms with E-state index in [4.69, 9.17) is 10.5 Å². The molecule has 3 aromatic rings. The normalized spacial score (nSPS) is 23.6. The van der Waals surface area contributed by atoms with E-state index in [1.54, 1.807) is 11.3 Å². The molecule has 2 aliphatic heterocycles. The minimum Gasteiger partial charge on any atom is -0.431 e. The van der Waals surface area contributed by atoms with Gasteiger partial charge in [-0.1, -0.05) is 35.6 Å². The molecule has 2 aliphatic rings. The first-order valence-electron chi connectivity index (χ1n) is 10.6. The van der Waals surface area contributed by atoms with Crippen LogP contribution in [0.2, 0.25) is 0 Å². The largest absolute Gasteiger partial charge is 0.431 e. The van der Waals surface area contributed by atoms with Crippen LogP contribution >= 0.6 is 11.3 Å². The highest BCUT2D eigenvalue weighted by atomic mass is 32.1. The quantitative estimate of drug-likeness (QED) is 0.634. The number of ether oxygens (including phenoxy) is 1. The van der Waals surface area contributed by atoms with Crippen molar-refractivity contribution in [2.75, 3.05) is 6.54 Å². The van der Waals surface area contributed by atoms with Crippen LogP contribution in [0.25, 0.3) is 10.2 Å². The summed E-state index contributed by atoms with van der Waals surface area (Å²) in [6.45, 7) is 1.01. The Kier molecular flexibility index (Phi) is 5.41. The lowest BCUT2D eigenvalue weighted by Crippen LogP contribution is -2.50. The van der Waals surface area contributed by atoms with Crippen molar-refractivity contribution in [1.29, 1.82) is 0 Å². The number of nitrogens with two attached hydrogens (primary N) is 1. The van der Waals surface area contributed by atoms with Crippen LogP contribution in [0, 0.1) is 0 Å². The Morgan fingerprint density at radius 3 is 2.57 bits per heavy atom. The number of rotatable bonds is 6. The summed E-state index contributed by atoms with van der Waals surface area (Å²) < 4.78 is 7.10. The number of aromatic nitrogens is 1. The van der Waals surface area contributed by atoms with Crippen LogP contribution in [0.5, 0.6) is 10.9 Å². The topological polar surface area (TPSA) is 80.5 Å². The number of thiazole rings is 1. The highest BCUT2D eigenvalue weighted by Crippen LogP contribution is 2.37. The molecule has 0 saturated carbocycles. The number of nitrogens with zero attached hydrogens (tertiary/aromatic N) is 2. The number of carbonyl (C=O) groups is 1. The fourth-order valence-electron chi connectivity index (χ4n) is 4.81. The Balaban J connectivity index is 1.21. The Labute approximate surface area is 180 Å². The van der Waals surface area contributed by atoms with Crippen LogP contribution in [-0.4, -0.2) is 40.5 Å².